The van der Waals surface area contributed by atoms with E-state index in [1.165, 1.54) is 4.90 Å². The molecule has 0 atom stereocenters. The highest BCUT2D eigenvalue weighted by Crippen LogP contribution is 2.29. The summed E-state index contributed by atoms with van der Waals surface area (Å²) in [7, 11) is 0. The average molecular weight is 397 g/mol. The van der Waals surface area contributed by atoms with Gasteiger partial charge in [0.15, 0.2) is 0 Å². The molecule has 1 aliphatic rings. The van der Waals surface area contributed by atoms with E-state index in [2.05, 4.69) is 22.9 Å². The van der Waals surface area contributed by atoms with Crippen molar-refractivity contribution in [2.24, 2.45) is 0 Å². The number of nitrogens with zero attached hydrogens (tertiary/aromatic N) is 1. The van der Waals surface area contributed by atoms with Crippen LogP contribution in [-0.4, -0.2) is 62.5 Å². The maximum Gasteiger partial charge on any atom is 0.261 e. The van der Waals surface area contributed by atoms with Gasteiger partial charge in [-0.2, -0.15) is 0 Å². The molecule has 29 heavy (non-hydrogen) atoms. The van der Waals surface area contributed by atoms with Crippen LogP contribution in [-0.2, 0) is 0 Å². The van der Waals surface area contributed by atoms with E-state index in [0.717, 1.165) is 69.3 Å². The summed E-state index contributed by atoms with van der Waals surface area (Å²) >= 11 is 0. The first-order valence-corrected chi connectivity index (χ1v) is 10.7. The molecule has 2 amide bonds. The Labute approximate surface area is 173 Å². The molecule has 0 saturated heterocycles. The average Bonchev–Trinajstić information content (AvgIpc) is 2.74. The topological polar surface area (TPSA) is 73.5 Å². The minimum Gasteiger partial charge on any atom is -0.317 e. The lowest BCUT2D eigenvalue weighted by Gasteiger charge is -2.27. The minimum atomic E-state index is -0.180. The second-order valence-electron chi connectivity index (χ2n) is 7.39. The number of amides is 2. The molecule has 1 aliphatic heterocycles. The Morgan fingerprint density at radius 2 is 1.24 bits per heavy atom. The molecule has 0 spiro atoms. The van der Waals surface area contributed by atoms with Crippen molar-refractivity contribution in [2.75, 3.05) is 45.8 Å². The zero-order chi connectivity index (χ0) is 20.5. The summed E-state index contributed by atoms with van der Waals surface area (Å²) < 4.78 is 0. The highest BCUT2D eigenvalue weighted by Gasteiger charge is 2.31. The zero-order valence-corrected chi connectivity index (χ0v) is 17.3. The Kier molecular flexibility index (Phi) is 8.16. The van der Waals surface area contributed by atoms with Crippen LogP contribution in [0.4, 0.5) is 0 Å². The SMILES string of the molecule is CCNCCCNCCCNCCCN1C(=O)c2cccc3cccc(c23)C1=O. The normalized spacial score (nSPS) is 13.5. The third-order valence-electron chi connectivity index (χ3n) is 5.26. The highest BCUT2D eigenvalue weighted by molar-refractivity contribution is 6.25. The van der Waals surface area contributed by atoms with E-state index in [-0.39, 0.29) is 11.8 Å². The molecule has 0 aromatic heterocycles. The van der Waals surface area contributed by atoms with Crippen LogP contribution >= 0.6 is 0 Å². The summed E-state index contributed by atoms with van der Waals surface area (Å²) in [4.78, 5) is 27.0. The first-order chi connectivity index (χ1) is 14.2. The fourth-order valence-electron chi connectivity index (χ4n) is 3.75. The molecule has 2 aromatic carbocycles. The number of rotatable bonds is 13. The summed E-state index contributed by atoms with van der Waals surface area (Å²) in [6.07, 6.45) is 2.97. The molecule has 0 fully saturated rings. The zero-order valence-electron chi connectivity index (χ0n) is 17.3. The number of nitrogens with one attached hydrogen (secondary N) is 3. The molecular weight excluding hydrogens is 364 g/mol. The van der Waals surface area contributed by atoms with Gasteiger partial charge in [0.2, 0.25) is 0 Å². The number of hydrogen-bond donors (Lipinski definition) is 3. The summed E-state index contributed by atoms with van der Waals surface area (Å²) in [6, 6.07) is 11.3. The van der Waals surface area contributed by atoms with Gasteiger partial charge in [0.25, 0.3) is 11.8 Å². The molecule has 0 radical (unpaired) electrons. The molecule has 1 heterocycles. The van der Waals surface area contributed by atoms with Crippen molar-refractivity contribution in [3.63, 3.8) is 0 Å². The molecule has 0 saturated carbocycles. The van der Waals surface area contributed by atoms with E-state index < -0.39 is 0 Å². The fourth-order valence-corrected chi connectivity index (χ4v) is 3.75. The van der Waals surface area contributed by atoms with Crippen molar-refractivity contribution in [3.05, 3.63) is 47.5 Å². The van der Waals surface area contributed by atoms with Crippen LogP contribution in [0.5, 0.6) is 0 Å². The van der Waals surface area contributed by atoms with Crippen molar-refractivity contribution in [1.29, 1.82) is 0 Å². The van der Waals surface area contributed by atoms with Crippen molar-refractivity contribution in [1.82, 2.24) is 20.9 Å². The second kappa shape index (κ2) is 11.0. The quantitative estimate of drug-likeness (QED) is 0.358. The Bertz CT molecular complexity index is 786. The summed E-state index contributed by atoms with van der Waals surface area (Å²) in [5, 5.41) is 11.9. The molecule has 156 valence electrons. The lowest BCUT2D eigenvalue weighted by atomic mass is 9.94. The first kappa shape index (κ1) is 21.4. The third kappa shape index (κ3) is 5.41. The smallest absolute Gasteiger partial charge is 0.261 e. The van der Waals surface area contributed by atoms with E-state index in [1.54, 1.807) is 0 Å². The van der Waals surface area contributed by atoms with Gasteiger partial charge in [0.05, 0.1) is 0 Å². The van der Waals surface area contributed by atoms with Crippen LogP contribution < -0.4 is 16.0 Å². The van der Waals surface area contributed by atoms with Crippen molar-refractivity contribution in [2.45, 2.75) is 26.2 Å². The lowest BCUT2D eigenvalue weighted by Crippen LogP contribution is -2.41. The highest BCUT2D eigenvalue weighted by atomic mass is 16.2. The Hall–Kier alpha value is -2.28. The largest absolute Gasteiger partial charge is 0.317 e. The number of carbonyl (C=O) groups is 2. The van der Waals surface area contributed by atoms with E-state index in [0.29, 0.717) is 17.7 Å². The van der Waals surface area contributed by atoms with Gasteiger partial charge in [0.1, 0.15) is 0 Å². The maximum absolute atomic E-state index is 12.8. The first-order valence-electron chi connectivity index (χ1n) is 10.7. The molecule has 0 bridgehead atoms. The standard InChI is InChI=1S/C23H32N4O2/c1-2-24-12-5-13-25-14-6-15-26-16-7-17-27-22(28)19-10-3-8-18-9-4-11-20(21(18)19)23(27)29/h3-4,8-11,24-26H,2,5-7,12-17H2,1H3. The molecule has 2 aromatic rings. The molecule has 3 N–H and O–H groups in total. The van der Waals surface area contributed by atoms with Gasteiger partial charge in [-0.15, -0.1) is 0 Å². The Balaban J connectivity index is 1.37. The van der Waals surface area contributed by atoms with Crippen molar-refractivity contribution in [3.8, 4) is 0 Å². The van der Waals surface area contributed by atoms with E-state index in [4.69, 9.17) is 0 Å². The summed E-state index contributed by atoms with van der Waals surface area (Å²) in [5.74, 6) is -0.359. The number of carbonyl (C=O) groups excluding carboxylic acids is 2. The molecule has 6 heteroatoms. The van der Waals surface area contributed by atoms with Crippen LogP contribution in [0, 0.1) is 0 Å². The Morgan fingerprint density at radius 3 is 1.79 bits per heavy atom. The van der Waals surface area contributed by atoms with Crippen LogP contribution in [0.25, 0.3) is 10.8 Å². The number of hydrogen-bond acceptors (Lipinski definition) is 5. The second-order valence-corrected chi connectivity index (χ2v) is 7.39. The molecule has 0 unspecified atom stereocenters. The summed E-state index contributed by atoms with van der Waals surface area (Å²) in [6.45, 7) is 8.43. The molecular formula is C23H32N4O2. The molecule has 0 aliphatic carbocycles. The van der Waals surface area contributed by atoms with Gasteiger partial charge < -0.3 is 16.0 Å². The van der Waals surface area contributed by atoms with E-state index >= 15 is 0 Å². The number of imide groups is 1. The Morgan fingerprint density at radius 1 is 0.724 bits per heavy atom. The summed E-state index contributed by atoms with van der Waals surface area (Å²) in [5.41, 5.74) is 1.26. The van der Waals surface area contributed by atoms with Crippen LogP contribution in [0.2, 0.25) is 0 Å². The van der Waals surface area contributed by atoms with Crippen LogP contribution in [0.15, 0.2) is 36.4 Å². The van der Waals surface area contributed by atoms with Gasteiger partial charge >= 0.3 is 0 Å². The minimum absolute atomic E-state index is 0.180. The van der Waals surface area contributed by atoms with Gasteiger partial charge in [-0.3, -0.25) is 14.5 Å². The predicted molar refractivity (Wildman–Crippen MR) is 117 cm³/mol. The monoisotopic (exact) mass is 396 g/mol. The van der Waals surface area contributed by atoms with Crippen molar-refractivity contribution < 1.29 is 9.59 Å². The van der Waals surface area contributed by atoms with Crippen LogP contribution in [0.1, 0.15) is 46.9 Å². The predicted octanol–water partition coefficient (Wildman–Crippen LogP) is 2.39. The lowest BCUT2D eigenvalue weighted by molar-refractivity contribution is 0.0609. The number of benzene rings is 2. The van der Waals surface area contributed by atoms with Crippen LogP contribution in [0.3, 0.4) is 0 Å². The molecule has 6 nitrogen and oxygen atoms in total. The van der Waals surface area contributed by atoms with Gasteiger partial charge in [-0.1, -0.05) is 31.2 Å². The van der Waals surface area contributed by atoms with Gasteiger partial charge in [0, 0.05) is 23.1 Å². The van der Waals surface area contributed by atoms with Crippen molar-refractivity contribution >= 4 is 22.6 Å². The van der Waals surface area contributed by atoms with Gasteiger partial charge in [-0.05, 0) is 76.0 Å². The maximum atomic E-state index is 12.8. The van der Waals surface area contributed by atoms with Gasteiger partial charge in [-0.25, -0.2) is 0 Å². The van der Waals surface area contributed by atoms with E-state index in [1.807, 2.05) is 36.4 Å². The molecule has 3 rings (SSSR count). The fraction of sp³-hybridized carbons (Fsp3) is 0.478. The van der Waals surface area contributed by atoms with E-state index in [9.17, 15) is 9.59 Å². The third-order valence-corrected chi connectivity index (χ3v) is 5.26.